The van der Waals surface area contributed by atoms with Crippen LogP contribution in [0.4, 0.5) is 17.3 Å². The number of anilines is 3. The van der Waals surface area contributed by atoms with Gasteiger partial charge in [0.25, 0.3) is 5.91 Å². The Labute approximate surface area is 143 Å². The van der Waals surface area contributed by atoms with Crippen LogP contribution in [-0.4, -0.2) is 35.0 Å². The van der Waals surface area contributed by atoms with Crippen molar-refractivity contribution in [1.82, 2.24) is 15.3 Å². The molecule has 0 radical (unpaired) electrons. The molecule has 1 heterocycles. The van der Waals surface area contributed by atoms with Gasteiger partial charge in [0, 0.05) is 36.7 Å². The molecular weight excluding hydrogens is 302 g/mol. The first kappa shape index (κ1) is 17.7. The number of hydrogen-bond donors (Lipinski definition) is 2. The van der Waals surface area contributed by atoms with Gasteiger partial charge >= 0.3 is 0 Å². The van der Waals surface area contributed by atoms with Crippen LogP contribution in [0.15, 0.2) is 36.5 Å². The fraction of sp³-hybridized carbons (Fsp3) is 0.389. The molecule has 6 heteroatoms. The van der Waals surface area contributed by atoms with E-state index in [9.17, 15) is 4.79 Å². The van der Waals surface area contributed by atoms with Crippen LogP contribution in [0.1, 0.15) is 38.2 Å². The molecule has 0 bridgehead atoms. The van der Waals surface area contributed by atoms with Gasteiger partial charge in [-0.1, -0.05) is 0 Å². The fourth-order valence-electron chi connectivity index (χ4n) is 2.35. The molecule has 0 fully saturated rings. The Morgan fingerprint density at radius 1 is 1.12 bits per heavy atom. The van der Waals surface area contributed by atoms with Crippen molar-refractivity contribution in [2.45, 2.75) is 33.7 Å². The van der Waals surface area contributed by atoms with Gasteiger partial charge in [-0.2, -0.15) is 0 Å². The molecule has 0 saturated carbocycles. The first-order valence-corrected chi connectivity index (χ1v) is 8.29. The van der Waals surface area contributed by atoms with Gasteiger partial charge in [-0.3, -0.25) is 4.79 Å². The van der Waals surface area contributed by atoms with Crippen molar-refractivity contribution in [1.29, 1.82) is 0 Å². The zero-order valence-electron chi connectivity index (χ0n) is 14.7. The molecule has 0 atom stereocenters. The molecule has 0 aliphatic rings. The minimum atomic E-state index is -0.202. The lowest BCUT2D eigenvalue weighted by Gasteiger charge is -2.21. The van der Waals surface area contributed by atoms with E-state index >= 15 is 0 Å². The molecular formula is C18H25N5O. The third-order valence-corrected chi connectivity index (χ3v) is 3.56. The van der Waals surface area contributed by atoms with E-state index in [2.05, 4.69) is 51.5 Å². The third kappa shape index (κ3) is 4.68. The zero-order valence-corrected chi connectivity index (χ0v) is 14.7. The van der Waals surface area contributed by atoms with Crippen molar-refractivity contribution in [2.75, 3.05) is 23.3 Å². The Morgan fingerprint density at radius 3 is 2.38 bits per heavy atom. The van der Waals surface area contributed by atoms with E-state index in [4.69, 9.17) is 0 Å². The predicted octanol–water partition coefficient (Wildman–Crippen LogP) is 3.20. The van der Waals surface area contributed by atoms with Gasteiger partial charge in [-0.05, 0) is 58.0 Å². The standard InChI is InChI=1S/C18H25N5O/c1-5-23(6-2)15-9-7-14(8-10-15)21-18-19-12-11-16(22-18)17(24)20-13(3)4/h7-13H,5-6H2,1-4H3,(H,20,24)(H,19,21,22). The van der Waals surface area contributed by atoms with E-state index < -0.39 is 0 Å². The highest BCUT2D eigenvalue weighted by Gasteiger charge is 2.10. The van der Waals surface area contributed by atoms with Crippen LogP contribution >= 0.6 is 0 Å². The van der Waals surface area contributed by atoms with Gasteiger partial charge in [-0.15, -0.1) is 0 Å². The van der Waals surface area contributed by atoms with Crippen LogP contribution in [-0.2, 0) is 0 Å². The van der Waals surface area contributed by atoms with Gasteiger partial charge in [-0.25, -0.2) is 9.97 Å². The zero-order chi connectivity index (χ0) is 17.5. The van der Waals surface area contributed by atoms with Gasteiger partial charge in [0.1, 0.15) is 5.69 Å². The van der Waals surface area contributed by atoms with Crippen molar-refractivity contribution in [2.24, 2.45) is 0 Å². The molecule has 2 rings (SSSR count). The summed E-state index contributed by atoms with van der Waals surface area (Å²) in [6.45, 7) is 10.0. The predicted molar refractivity (Wildman–Crippen MR) is 97.9 cm³/mol. The number of benzene rings is 1. The number of rotatable bonds is 7. The number of nitrogens with zero attached hydrogens (tertiary/aromatic N) is 3. The first-order chi connectivity index (χ1) is 11.5. The first-order valence-electron chi connectivity index (χ1n) is 8.29. The summed E-state index contributed by atoms with van der Waals surface area (Å²) in [6.07, 6.45) is 1.58. The van der Waals surface area contributed by atoms with Gasteiger partial charge in [0.15, 0.2) is 0 Å². The van der Waals surface area contributed by atoms with E-state index in [1.807, 2.05) is 26.0 Å². The smallest absolute Gasteiger partial charge is 0.270 e. The molecule has 1 amide bonds. The lowest BCUT2D eigenvalue weighted by Crippen LogP contribution is -2.30. The molecule has 0 unspecified atom stereocenters. The maximum absolute atomic E-state index is 12.0. The highest BCUT2D eigenvalue weighted by molar-refractivity contribution is 5.92. The maximum Gasteiger partial charge on any atom is 0.270 e. The number of carbonyl (C=O) groups is 1. The normalized spacial score (nSPS) is 10.5. The number of amides is 1. The van der Waals surface area contributed by atoms with E-state index in [-0.39, 0.29) is 11.9 Å². The quantitative estimate of drug-likeness (QED) is 0.817. The second kappa shape index (κ2) is 8.29. The Balaban J connectivity index is 2.09. The summed E-state index contributed by atoms with van der Waals surface area (Å²) in [7, 11) is 0. The summed E-state index contributed by atoms with van der Waals surface area (Å²) in [5.74, 6) is 0.203. The number of aromatic nitrogens is 2. The van der Waals surface area contributed by atoms with Gasteiger partial charge in [0.2, 0.25) is 5.95 Å². The second-order valence-electron chi connectivity index (χ2n) is 5.74. The second-order valence-corrected chi connectivity index (χ2v) is 5.74. The fourth-order valence-corrected chi connectivity index (χ4v) is 2.35. The molecule has 0 aliphatic carbocycles. The monoisotopic (exact) mass is 327 g/mol. The van der Waals surface area contributed by atoms with Crippen LogP contribution in [0.2, 0.25) is 0 Å². The number of hydrogen-bond acceptors (Lipinski definition) is 5. The van der Waals surface area contributed by atoms with Crippen molar-refractivity contribution < 1.29 is 4.79 Å². The van der Waals surface area contributed by atoms with E-state index in [1.165, 1.54) is 5.69 Å². The summed E-state index contributed by atoms with van der Waals surface area (Å²) in [6, 6.07) is 9.76. The van der Waals surface area contributed by atoms with E-state index in [1.54, 1.807) is 12.3 Å². The number of carbonyl (C=O) groups excluding carboxylic acids is 1. The van der Waals surface area contributed by atoms with Crippen molar-refractivity contribution in [3.63, 3.8) is 0 Å². The molecule has 128 valence electrons. The maximum atomic E-state index is 12.0. The average molecular weight is 327 g/mol. The average Bonchev–Trinajstić information content (AvgIpc) is 2.57. The van der Waals surface area contributed by atoms with Crippen molar-refractivity contribution in [3.8, 4) is 0 Å². The Bertz CT molecular complexity index is 665. The minimum absolute atomic E-state index is 0.0662. The molecule has 2 N–H and O–H groups in total. The summed E-state index contributed by atoms with van der Waals surface area (Å²) in [5.41, 5.74) is 2.41. The van der Waals surface area contributed by atoms with Crippen LogP contribution < -0.4 is 15.5 Å². The largest absolute Gasteiger partial charge is 0.372 e. The molecule has 0 spiro atoms. The molecule has 0 aliphatic heterocycles. The summed E-state index contributed by atoms with van der Waals surface area (Å²) < 4.78 is 0. The molecule has 1 aromatic carbocycles. The Kier molecular flexibility index (Phi) is 6.12. The molecule has 1 aromatic heterocycles. The minimum Gasteiger partial charge on any atom is -0.372 e. The highest BCUT2D eigenvalue weighted by Crippen LogP contribution is 2.19. The van der Waals surface area contributed by atoms with Crippen molar-refractivity contribution >= 4 is 23.2 Å². The van der Waals surface area contributed by atoms with Crippen LogP contribution in [0.5, 0.6) is 0 Å². The summed E-state index contributed by atoms with van der Waals surface area (Å²) in [4.78, 5) is 22.7. The lowest BCUT2D eigenvalue weighted by atomic mass is 10.2. The van der Waals surface area contributed by atoms with Crippen LogP contribution in [0.3, 0.4) is 0 Å². The molecule has 6 nitrogen and oxygen atoms in total. The SMILES string of the molecule is CCN(CC)c1ccc(Nc2nccc(C(=O)NC(C)C)n2)cc1. The van der Waals surface area contributed by atoms with E-state index in [0.717, 1.165) is 18.8 Å². The summed E-state index contributed by atoms with van der Waals surface area (Å²) in [5, 5.41) is 5.95. The van der Waals surface area contributed by atoms with Crippen molar-refractivity contribution in [3.05, 3.63) is 42.2 Å². The molecule has 24 heavy (non-hydrogen) atoms. The topological polar surface area (TPSA) is 70.2 Å². The van der Waals surface area contributed by atoms with Crippen LogP contribution in [0, 0.1) is 0 Å². The van der Waals surface area contributed by atoms with E-state index in [0.29, 0.717) is 11.6 Å². The van der Waals surface area contributed by atoms with Crippen LogP contribution in [0.25, 0.3) is 0 Å². The Morgan fingerprint density at radius 2 is 1.79 bits per heavy atom. The highest BCUT2D eigenvalue weighted by atomic mass is 16.1. The van der Waals surface area contributed by atoms with Gasteiger partial charge < -0.3 is 15.5 Å². The third-order valence-electron chi connectivity index (χ3n) is 3.56. The molecule has 0 saturated heterocycles. The lowest BCUT2D eigenvalue weighted by molar-refractivity contribution is 0.0938. The molecule has 2 aromatic rings. The van der Waals surface area contributed by atoms with Gasteiger partial charge in [0.05, 0.1) is 0 Å². The summed E-state index contributed by atoms with van der Waals surface area (Å²) >= 11 is 0. The Hall–Kier alpha value is -2.63. The number of nitrogens with one attached hydrogen (secondary N) is 2.